The molecular formula is C6H12NNaO3S. The van der Waals surface area contributed by atoms with Crippen molar-refractivity contribution < 1.29 is 42.5 Å². The van der Waals surface area contributed by atoms with Crippen molar-refractivity contribution in [3.8, 4) is 0 Å². The van der Waals surface area contributed by atoms with Crippen molar-refractivity contribution in [3.05, 3.63) is 0 Å². The molecule has 1 aliphatic rings. The third kappa shape index (κ3) is 3.72. The van der Waals surface area contributed by atoms with E-state index in [0.717, 1.165) is 17.1 Å². The molecule has 1 heterocycles. The predicted octanol–water partition coefficient (Wildman–Crippen LogP) is -2.82. The Labute approximate surface area is 95.5 Å². The van der Waals surface area contributed by atoms with Crippen LogP contribution < -0.4 is 29.6 Å². The number of piperidine rings is 1. The van der Waals surface area contributed by atoms with Crippen molar-refractivity contribution in [2.45, 2.75) is 19.8 Å². The van der Waals surface area contributed by atoms with Gasteiger partial charge in [0.15, 0.2) is 10.3 Å². The van der Waals surface area contributed by atoms with E-state index in [0.29, 0.717) is 19.0 Å². The standard InChI is InChI=1S/C6H13NO3S.Na/c1-6-2-4-7(5-3-6)11(8,9)10;/h6H,2-5H2,1H3,(H,8,9,10);/q;+1/p-1. The first-order valence-corrected chi connectivity index (χ1v) is 5.07. The molecule has 0 spiro atoms. The van der Waals surface area contributed by atoms with Gasteiger partial charge in [-0.25, -0.2) is 12.7 Å². The Morgan fingerprint density at radius 2 is 1.75 bits per heavy atom. The van der Waals surface area contributed by atoms with Gasteiger partial charge in [0.1, 0.15) is 0 Å². The number of hydrogen-bond donors (Lipinski definition) is 0. The van der Waals surface area contributed by atoms with Gasteiger partial charge >= 0.3 is 29.6 Å². The van der Waals surface area contributed by atoms with Gasteiger partial charge < -0.3 is 4.55 Å². The van der Waals surface area contributed by atoms with Crippen LogP contribution in [0.15, 0.2) is 0 Å². The first-order chi connectivity index (χ1) is 5.00. The van der Waals surface area contributed by atoms with E-state index in [2.05, 4.69) is 6.92 Å². The van der Waals surface area contributed by atoms with Gasteiger partial charge in [-0.15, -0.1) is 0 Å². The van der Waals surface area contributed by atoms with Crippen LogP contribution in [0.1, 0.15) is 19.8 Å². The zero-order valence-electron chi connectivity index (χ0n) is 7.49. The Balaban J connectivity index is 0.00000121. The molecule has 4 nitrogen and oxygen atoms in total. The Kier molecular flexibility index (Phi) is 5.29. The summed E-state index contributed by atoms with van der Waals surface area (Å²) in [5, 5.41) is 0. The molecule has 66 valence electrons. The Hall–Kier alpha value is 0.870. The average Bonchev–Trinajstić information content (AvgIpc) is 1.86. The molecular weight excluding hydrogens is 189 g/mol. The second kappa shape index (κ2) is 4.93. The van der Waals surface area contributed by atoms with Crippen LogP contribution in [-0.4, -0.2) is 30.4 Å². The molecule has 6 heteroatoms. The smallest absolute Gasteiger partial charge is 0.735 e. The Morgan fingerprint density at radius 3 is 2.08 bits per heavy atom. The van der Waals surface area contributed by atoms with Gasteiger partial charge in [0.2, 0.25) is 0 Å². The molecule has 1 saturated heterocycles. The third-order valence-electron chi connectivity index (χ3n) is 2.06. The molecule has 0 aliphatic carbocycles. The number of nitrogens with zero attached hydrogens (tertiary/aromatic N) is 1. The van der Waals surface area contributed by atoms with E-state index in [1.54, 1.807) is 0 Å². The summed E-state index contributed by atoms with van der Waals surface area (Å²) in [5.41, 5.74) is 0. The summed E-state index contributed by atoms with van der Waals surface area (Å²) < 4.78 is 32.4. The van der Waals surface area contributed by atoms with Crippen molar-refractivity contribution in [2.24, 2.45) is 5.92 Å². The first-order valence-electron chi connectivity index (χ1n) is 3.71. The molecule has 1 fully saturated rings. The topological polar surface area (TPSA) is 60.4 Å². The van der Waals surface area contributed by atoms with Crippen LogP contribution in [0.3, 0.4) is 0 Å². The van der Waals surface area contributed by atoms with Crippen LogP contribution in [-0.2, 0) is 10.3 Å². The molecule has 1 rings (SSSR count). The minimum absolute atomic E-state index is 0. The van der Waals surface area contributed by atoms with Crippen LogP contribution in [0.25, 0.3) is 0 Å². The minimum Gasteiger partial charge on any atom is -0.735 e. The molecule has 12 heavy (non-hydrogen) atoms. The van der Waals surface area contributed by atoms with E-state index in [9.17, 15) is 13.0 Å². The summed E-state index contributed by atoms with van der Waals surface area (Å²) in [4.78, 5) is 0. The Morgan fingerprint density at radius 1 is 1.33 bits per heavy atom. The van der Waals surface area contributed by atoms with Crippen molar-refractivity contribution in [1.82, 2.24) is 4.31 Å². The van der Waals surface area contributed by atoms with Crippen molar-refractivity contribution in [1.29, 1.82) is 0 Å². The van der Waals surface area contributed by atoms with Crippen LogP contribution in [0, 0.1) is 5.92 Å². The van der Waals surface area contributed by atoms with E-state index in [1.807, 2.05) is 0 Å². The summed E-state index contributed by atoms with van der Waals surface area (Å²) in [6.07, 6.45) is 1.61. The fourth-order valence-electron chi connectivity index (χ4n) is 1.21. The first kappa shape index (κ1) is 12.9. The van der Waals surface area contributed by atoms with Gasteiger partial charge in [-0.3, -0.25) is 0 Å². The zero-order valence-corrected chi connectivity index (χ0v) is 10.3. The van der Waals surface area contributed by atoms with Crippen LogP contribution in [0.5, 0.6) is 0 Å². The van der Waals surface area contributed by atoms with E-state index in [1.165, 1.54) is 0 Å². The van der Waals surface area contributed by atoms with Crippen molar-refractivity contribution >= 4 is 10.3 Å². The van der Waals surface area contributed by atoms with E-state index >= 15 is 0 Å². The van der Waals surface area contributed by atoms with Crippen LogP contribution >= 0.6 is 0 Å². The number of rotatable bonds is 1. The molecule has 0 unspecified atom stereocenters. The molecule has 0 saturated carbocycles. The van der Waals surface area contributed by atoms with E-state index in [4.69, 9.17) is 0 Å². The SMILES string of the molecule is CC1CCN(S(=O)(=O)[O-])CC1.[Na+]. The predicted molar refractivity (Wildman–Crippen MR) is 39.7 cm³/mol. The van der Waals surface area contributed by atoms with Gasteiger partial charge in [0.05, 0.1) is 0 Å². The number of hydrogen-bond acceptors (Lipinski definition) is 3. The summed E-state index contributed by atoms with van der Waals surface area (Å²) in [6.45, 7) is 2.86. The molecule has 0 aromatic carbocycles. The molecule has 0 atom stereocenters. The summed E-state index contributed by atoms with van der Waals surface area (Å²) in [6, 6.07) is 0. The summed E-state index contributed by atoms with van der Waals surface area (Å²) in [5.74, 6) is 0.549. The van der Waals surface area contributed by atoms with Crippen molar-refractivity contribution in [2.75, 3.05) is 13.1 Å². The van der Waals surface area contributed by atoms with E-state index < -0.39 is 10.3 Å². The zero-order chi connectivity index (χ0) is 8.48. The maximum atomic E-state index is 10.5. The van der Waals surface area contributed by atoms with Gasteiger partial charge in [-0.1, -0.05) is 6.92 Å². The van der Waals surface area contributed by atoms with Crippen LogP contribution in [0.2, 0.25) is 0 Å². The molecule has 0 amide bonds. The fourth-order valence-corrected chi connectivity index (χ4v) is 1.87. The molecule has 0 aromatic rings. The summed E-state index contributed by atoms with van der Waals surface area (Å²) >= 11 is 0. The second-order valence-corrected chi connectivity index (χ2v) is 4.41. The largest absolute Gasteiger partial charge is 1.00 e. The minimum atomic E-state index is -4.17. The summed E-state index contributed by atoms with van der Waals surface area (Å²) in [7, 11) is -4.17. The molecule has 1 aliphatic heterocycles. The quantitative estimate of drug-likeness (QED) is 0.340. The third-order valence-corrected chi connectivity index (χ3v) is 3.06. The second-order valence-electron chi connectivity index (χ2n) is 3.04. The molecule has 0 N–H and O–H groups in total. The fraction of sp³-hybridized carbons (Fsp3) is 1.00. The normalized spacial score (nSPS) is 21.8. The van der Waals surface area contributed by atoms with Gasteiger partial charge in [-0.2, -0.15) is 0 Å². The Bertz CT molecular complexity index is 221. The van der Waals surface area contributed by atoms with E-state index in [-0.39, 0.29) is 29.6 Å². The van der Waals surface area contributed by atoms with Gasteiger partial charge in [0, 0.05) is 13.1 Å². The monoisotopic (exact) mass is 201 g/mol. The average molecular weight is 201 g/mol. The van der Waals surface area contributed by atoms with Gasteiger partial charge in [-0.05, 0) is 18.8 Å². The molecule has 0 aromatic heterocycles. The maximum absolute atomic E-state index is 10.5. The molecule has 0 radical (unpaired) electrons. The maximum Gasteiger partial charge on any atom is 1.00 e. The molecule has 0 bridgehead atoms. The van der Waals surface area contributed by atoms with Crippen molar-refractivity contribution in [3.63, 3.8) is 0 Å². The van der Waals surface area contributed by atoms with Gasteiger partial charge in [0.25, 0.3) is 0 Å². The van der Waals surface area contributed by atoms with Crippen LogP contribution in [0.4, 0.5) is 0 Å².